The van der Waals surface area contributed by atoms with E-state index in [4.69, 9.17) is 16.6 Å². The maximum atomic E-state index is 9.41. The van der Waals surface area contributed by atoms with Crippen molar-refractivity contribution in [2.75, 3.05) is 26.3 Å². The smallest absolute Gasteiger partial charge is 0.870 e. The maximum absolute atomic E-state index is 9.41. The molecule has 98 valence electrons. The molecule has 0 atom stereocenters. The van der Waals surface area contributed by atoms with Gasteiger partial charge in [0.2, 0.25) is 0 Å². The Morgan fingerprint density at radius 2 is 1.36 bits per heavy atom. The van der Waals surface area contributed by atoms with E-state index in [2.05, 4.69) is 0 Å². The van der Waals surface area contributed by atoms with E-state index in [9.17, 15) is 5.11 Å². The average molecular weight is 309 g/mol. The number of aliphatic hydroxyl groups excluding tert-OH is 1. The Morgan fingerprint density at radius 3 is 1.36 bits per heavy atom. The summed E-state index contributed by atoms with van der Waals surface area (Å²) in [6.07, 6.45) is 1.11. The molecule has 0 aromatic carbocycles. The van der Waals surface area contributed by atoms with Crippen molar-refractivity contribution < 1.29 is 55.3 Å². The van der Waals surface area contributed by atoms with Crippen LogP contribution in [0.25, 0.3) is 11.5 Å². The summed E-state index contributed by atoms with van der Waals surface area (Å²) in [5, 5.41) is 17.4. The summed E-state index contributed by atoms with van der Waals surface area (Å²) in [6, 6.07) is 0. The molecule has 0 spiro atoms. The normalized spacial score (nSPS) is 6.00. The fourth-order valence-corrected chi connectivity index (χ4v) is 0.151. The fourth-order valence-electron chi connectivity index (χ4n) is 0.151. The van der Waals surface area contributed by atoms with E-state index in [1.165, 1.54) is 0 Å². The van der Waals surface area contributed by atoms with Gasteiger partial charge >= 0.3 is 34.1 Å². The van der Waals surface area contributed by atoms with Crippen LogP contribution in [0.1, 0.15) is 12.8 Å². The summed E-state index contributed by atoms with van der Waals surface area (Å²) in [5.74, 6) is 0. The Kier molecular flexibility index (Phi) is 127. The van der Waals surface area contributed by atoms with Gasteiger partial charge in [-0.15, -0.1) is 13.2 Å². The van der Waals surface area contributed by atoms with Gasteiger partial charge in [-0.3, -0.25) is 0 Å². The number of rotatable bonds is 4. The molecule has 0 aliphatic heterocycles. The molecule has 0 aliphatic carbocycles. The Labute approximate surface area is 106 Å². The van der Waals surface area contributed by atoms with Gasteiger partial charge in [-0.05, 0) is 6.42 Å². The van der Waals surface area contributed by atoms with Gasteiger partial charge in [0.05, 0.1) is 0 Å². The predicted molar refractivity (Wildman–Crippen MR) is 45.1 cm³/mol. The van der Waals surface area contributed by atoms with Crippen molar-refractivity contribution in [3.05, 3.63) is 11.5 Å². The summed E-state index contributed by atoms with van der Waals surface area (Å²) in [5.41, 5.74) is 12.8. The summed E-state index contributed by atoms with van der Waals surface area (Å²) in [4.78, 5) is 0. The van der Waals surface area contributed by atoms with Crippen molar-refractivity contribution in [2.45, 2.75) is 12.8 Å². The summed E-state index contributed by atoms with van der Waals surface area (Å²) in [7, 11) is 0. The monoisotopic (exact) mass is 308 g/mol. The van der Waals surface area contributed by atoms with Crippen molar-refractivity contribution in [3.8, 4) is 0 Å². The Balaban J connectivity index is -0.0000000178. The summed E-state index contributed by atoms with van der Waals surface area (Å²) >= 11 is 0. The molecule has 2 radical (unpaired) electrons. The zero-order chi connectivity index (χ0) is 8.24. The third-order valence-corrected chi connectivity index (χ3v) is 0.656. The minimum absolute atomic E-state index is 0. The first-order chi connectivity index (χ1) is 4.83. The molecular formula is C6H18Cu2N2O4. The third-order valence-electron chi connectivity index (χ3n) is 0.656. The molecule has 6 nitrogen and oxygen atoms in total. The maximum Gasteiger partial charge on any atom is 2.00 e. The van der Waals surface area contributed by atoms with Crippen LogP contribution in [0.15, 0.2) is 0 Å². The van der Waals surface area contributed by atoms with Crippen molar-refractivity contribution in [2.24, 2.45) is 0 Å². The first-order valence-electron chi connectivity index (χ1n) is 3.31. The molecule has 6 N–H and O–H groups in total. The summed E-state index contributed by atoms with van der Waals surface area (Å²) < 4.78 is 0. The van der Waals surface area contributed by atoms with Gasteiger partial charge in [-0.1, -0.05) is 6.42 Å². The van der Waals surface area contributed by atoms with Crippen molar-refractivity contribution in [1.82, 2.24) is 0 Å². The molecule has 8 heteroatoms. The van der Waals surface area contributed by atoms with Crippen LogP contribution in [0.4, 0.5) is 0 Å². The molecule has 0 saturated heterocycles. The molecular weight excluding hydrogens is 291 g/mol. The molecule has 0 unspecified atom stereocenters. The largest absolute Gasteiger partial charge is 2.00 e. The van der Waals surface area contributed by atoms with Gasteiger partial charge in [-0.25, -0.2) is 0 Å². The third kappa shape index (κ3) is 77.4. The van der Waals surface area contributed by atoms with Crippen LogP contribution >= 0.6 is 0 Å². The molecule has 0 amide bonds. The van der Waals surface area contributed by atoms with Crippen LogP contribution in [0.5, 0.6) is 0 Å². The van der Waals surface area contributed by atoms with Crippen molar-refractivity contribution in [1.29, 1.82) is 0 Å². The first kappa shape index (κ1) is 36.4. The van der Waals surface area contributed by atoms with Crippen LogP contribution in [0.3, 0.4) is 0 Å². The topological polar surface area (TPSA) is 152 Å². The van der Waals surface area contributed by atoms with Crippen LogP contribution < -0.4 is 5.11 Å². The Bertz CT molecular complexity index is 46.8. The van der Waals surface area contributed by atoms with E-state index < -0.39 is 0 Å². The fraction of sp³-hybridized carbons (Fsp3) is 1.00. The minimum atomic E-state index is -0.0938. The molecule has 14 heavy (non-hydrogen) atoms. The van der Waals surface area contributed by atoms with Crippen LogP contribution in [-0.2, 0) is 34.1 Å². The second-order valence-electron chi connectivity index (χ2n) is 1.63. The predicted octanol–water partition coefficient (Wildman–Crippen LogP) is -0.796. The quantitative estimate of drug-likeness (QED) is 0.676. The Morgan fingerprint density at radius 1 is 1.00 bits per heavy atom. The van der Waals surface area contributed by atoms with Gasteiger partial charge in [0.1, 0.15) is 0 Å². The SMILES string of the molecule is O.[Cu+2].[Cu+2].[NH-]CCCO.[NH-]CCC[O-].[OH-]. The molecule has 0 aromatic rings. The Hall–Kier alpha value is 0.799. The van der Waals surface area contributed by atoms with Gasteiger partial charge in [0, 0.05) is 6.61 Å². The summed E-state index contributed by atoms with van der Waals surface area (Å²) in [6.45, 7) is 0.688. The van der Waals surface area contributed by atoms with Gasteiger partial charge < -0.3 is 32.6 Å². The van der Waals surface area contributed by atoms with Gasteiger partial charge in [0.15, 0.2) is 0 Å². The van der Waals surface area contributed by atoms with Gasteiger partial charge in [0.25, 0.3) is 0 Å². The second kappa shape index (κ2) is 48.9. The number of aliphatic hydroxyl groups is 1. The van der Waals surface area contributed by atoms with Gasteiger partial charge in [-0.2, -0.15) is 6.54 Å². The molecule has 0 bridgehead atoms. The average Bonchev–Trinajstić information content (AvgIpc) is 1.93. The van der Waals surface area contributed by atoms with Crippen LogP contribution in [0.2, 0.25) is 0 Å². The second-order valence-corrected chi connectivity index (χ2v) is 1.63. The molecule has 0 fully saturated rings. The van der Waals surface area contributed by atoms with E-state index >= 15 is 0 Å². The van der Waals surface area contributed by atoms with Crippen LogP contribution in [0, 0.1) is 0 Å². The molecule has 0 rings (SSSR count). The minimum Gasteiger partial charge on any atom is -0.870 e. The van der Waals surface area contributed by atoms with E-state index in [1.54, 1.807) is 0 Å². The van der Waals surface area contributed by atoms with E-state index in [0.717, 1.165) is 0 Å². The first-order valence-corrected chi connectivity index (χ1v) is 3.31. The van der Waals surface area contributed by atoms with Crippen molar-refractivity contribution in [3.63, 3.8) is 0 Å². The number of nitrogens with one attached hydrogen (secondary N) is 2. The molecule has 0 saturated carbocycles. The number of hydrogen-bond acceptors (Lipinski definition) is 3. The molecule has 0 aromatic heterocycles. The molecule has 0 aliphatic rings. The van der Waals surface area contributed by atoms with E-state index in [-0.39, 0.29) is 64.8 Å². The van der Waals surface area contributed by atoms with Crippen molar-refractivity contribution >= 4 is 0 Å². The van der Waals surface area contributed by atoms with E-state index in [0.29, 0.717) is 19.4 Å². The standard InChI is InChI=1S/C3H8NO.C3H7NO.2Cu.2H2O/c2*4-2-1-3-5;;;;/h4-5H,1-3H2;4H,1-3H2;;;2*1H2/q-1;-2;2*+2;;/p-1. The molecule has 0 heterocycles. The number of hydrogen-bond donors (Lipinski definition) is 1. The van der Waals surface area contributed by atoms with Crippen LogP contribution in [-0.4, -0.2) is 42.4 Å². The zero-order valence-corrected chi connectivity index (χ0v) is 9.53. The van der Waals surface area contributed by atoms with E-state index in [1.807, 2.05) is 0 Å². The zero-order valence-electron chi connectivity index (χ0n) is 7.65.